The number of aromatic nitrogens is 1. The number of carbonyl (C=O) groups excluding carboxylic acids is 1. The average Bonchev–Trinajstić information content (AvgIpc) is 2.80. The van der Waals surface area contributed by atoms with E-state index in [4.69, 9.17) is 9.47 Å². The summed E-state index contributed by atoms with van der Waals surface area (Å²) in [5.74, 6) is -1.12. The fraction of sp³-hybridized carbons (Fsp3) is 0.280. The Labute approximate surface area is 189 Å². The van der Waals surface area contributed by atoms with Crippen molar-refractivity contribution < 1.29 is 32.5 Å². The van der Waals surface area contributed by atoms with Crippen molar-refractivity contribution in [3.8, 4) is 22.8 Å². The molecular weight excluding hydrogens is 435 g/mol. The summed E-state index contributed by atoms with van der Waals surface area (Å²) in [6, 6.07) is 12.4. The lowest BCUT2D eigenvalue weighted by Gasteiger charge is -2.19. The lowest BCUT2D eigenvalue weighted by atomic mass is 9.94. The minimum atomic E-state index is -4.80. The zero-order chi connectivity index (χ0) is 24.2. The van der Waals surface area contributed by atoms with Gasteiger partial charge in [0.1, 0.15) is 18.1 Å². The maximum absolute atomic E-state index is 14.0. The molecule has 1 heterocycles. The van der Waals surface area contributed by atoms with Crippen LogP contribution in [0.15, 0.2) is 48.5 Å². The summed E-state index contributed by atoms with van der Waals surface area (Å²) in [5, 5.41) is 9.52. The number of methoxy groups -OCH3 is 1. The highest BCUT2D eigenvalue weighted by Gasteiger charge is 2.38. The fourth-order valence-corrected chi connectivity index (χ4v) is 3.66. The first-order valence-corrected chi connectivity index (χ1v) is 10.4. The topological polar surface area (TPSA) is 68.7 Å². The van der Waals surface area contributed by atoms with Crippen LogP contribution in [0.25, 0.3) is 11.3 Å². The molecule has 0 saturated carbocycles. The highest BCUT2D eigenvalue weighted by atomic mass is 19.4. The highest BCUT2D eigenvalue weighted by Crippen LogP contribution is 2.39. The van der Waals surface area contributed by atoms with Crippen LogP contribution in [0.4, 0.5) is 13.2 Å². The minimum Gasteiger partial charge on any atom is -0.508 e. The van der Waals surface area contributed by atoms with Crippen molar-refractivity contribution >= 4 is 5.97 Å². The van der Waals surface area contributed by atoms with Crippen LogP contribution in [0.5, 0.6) is 11.5 Å². The van der Waals surface area contributed by atoms with Crippen LogP contribution in [0.3, 0.4) is 0 Å². The molecule has 0 aliphatic heterocycles. The molecule has 0 aliphatic carbocycles. The molecule has 0 fully saturated rings. The van der Waals surface area contributed by atoms with Crippen molar-refractivity contribution in [3.63, 3.8) is 0 Å². The lowest BCUT2D eigenvalue weighted by molar-refractivity contribution is -0.142. The average molecular weight is 459 g/mol. The number of aryl methyl sites for hydroxylation is 2. The Morgan fingerprint density at radius 2 is 1.67 bits per heavy atom. The number of benzene rings is 2. The summed E-state index contributed by atoms with van der Waals surface area (Å²) < 4.78 is 52.5. The molecule has 0 aliphatic rings. The summed E-state index contributed by atoms with van der Waals surface area (Å²) in [4.78, 5) is 16.3. The fourth-order valence-electron chi connectivity index (χ4n) is 3.66. The molecule has 0 bridgehead atoms. The van der Waals surface area contributed by atoms with Gasteiger partial charge >= 0.3 is 12.1 Å². The molecule has 2 aromatic carbocycles. The minimum absolute atomic E-state index is 0.0107. The highest BCUT2D eigenvalue weighted by molar-refractivity contribution is 5.89. The molecule has 5 nitrogen and oxygen atoms in total. The summed E-state index contributed by atoms with van der Waals surface area (Å²) in [7, 11) is 1.26. The van der Waals surface area contributed by atoms with Gasteiger partial charge in [0.05, 0.1) is 23.9 Å². The zero-order valence-corrected chi connectivity index (χ0v) is 18.5. The van der Waals surface area contributed by atoms with Crippen molar-refractivity contribution in [1.29, 1.82) is 0 Å². The molecule has 0 atom stereocenters. The van der Waals surface area contributed by atoms with Crippen LogP contribution in [0.2, 0.25) is 0 Å². The largest absolute Gasteiger partial charge is 0.508 e. The number of pyridine rings is 1. The lowest BCUT2D eigenvalue weighted by Crippen LogP contribution is -2.16. The van der Waals surface area contributed by atoms with E-state index in [2.05, 4.69) is 4.98 Å². The number of carbonyl (C=O) groups is 1. The molecule has 33 heavy (non-hydrogen) atoms. The second-order valence-corrected chi connectivity index (χ2v) is 7.32. The molecule has 1 aromatic heterocycles. The van der Waals surface area contributed by atoms with Gasteiger partial charge < -0.3 is 14.6 Å². The number of hydrogen-bond donors (Lipinski definition) is 1. The SMILES string of the molecule is CCc1cccc(CC)c1-c1cc(OC)c(COC(=O)c2cccc(O)c2)c(C(F)(F)F)n1. The molecule has 3 aromatic rings. The Hall–Kier alpha value is -3.55. The summed E-state index contributed by atoms with van der Waals surface area (Å²) in [5.41, 5.74) is 1.01. The van der Waals surface area contributed by atoms with Crippen LogP contribution in [0.1, 0.15) is 46.6 Å². The molecule has 0 amide bonds. The smallest absolute Gasteiger partial charge is 0.433 e. The molecular formula is C25H24F3NO4. The standard InChI is InChI=1S/C25H24F3NO4/c1-4-15-8-6-9-16(5-2)22(15)20-13-21(32-3)19(23(29-20)25(26,27)28)14-33-24(31)17-10-7-11-18(30)12-17/h6-13,30H,4-5,14H2,1-3H3. The third-order valence-corrected chi connectivity index (χ3v) is 5.26. The van der Waals surface area contributed by atoms with E-state index in [0.29, 0.717) is 18.4 Å². The molecule has 3 rings (SSSR count). The Morgan fingerprint density at radius 3 is 2.21 bits per heavy atom. The maximum Gasteiger partial charge on any atom is 0.433 e. The van der Waals surface area contributed by atoms with Crippen LogP contribution in [0, 0.1) is 0 Å². The number of alkyl halides is 3. The van der Waals surface area contributed by atoms with E-state index in [9.17, 15) is 23.1 Å². The Kier molecular flexibility index (Phi) is 7.26. The van der Waals surface area contributed by atoms with E-state index in [1.54, 1.807) is 0 Å². The molecule has 1 N–H and O–H groups in total. The predicted molar refractivity (Wildman–Crippen MR) is 117 cm³/mol. The third-order valence-electron chi connectivity index (χ3n) is 5.26. The van der Waals surface area contributed by atoms with E-state index in [1.807, 2.05) is 32.0 Å². The van der Waals surface area contributed by atoms with Crippen LogP contribution >= 0.6 is 0 Å². The number of aromatic hydroxyl groups is 1. The van der Waals surface area contributed by atoms with Gasteiger partial charge in [-0.1, -0.05) is 38.1 Å². The van der Waals surface area contributed by atoms with Gasteiger partial charge in [-0.05, 0) is 42.2 Å². The van der Waals surface area contributed by atoms with Crippen molar-refractivity contribution in [2.75, 3.05) is 7.11 Å². The number of esters is 1. The van der Waals surface area contributed by atoms with Crippen molar-refractivity contribution in [2.45, 2.75) is 39.5 Å². The molecule has 174 valence electrons. The van der Waals surface area contributed by atoms with Gasteiger partial charge in [-0.3, -0.25) is 0 Å². The number of ether oxygens (including phenoxy) is 2. The molecule has 0 unspecified atom stereocenters. The van der Waals surface area contributed by atoms with Crippen LogP contribution < -0.4 is 4.74 Å². The quantitative estimate of drug-likeness (QED) is 0.442. The summed E-state index contributed by atoms with van der Waals surface area (Å²) in [6.07, 6.45) is -3.56. The second-order valence-electron chi connectivity index (χ2n) is 7.32. The summed E-state index contributed by atoms with van der Waals surface area (Å²) >= 11 is 0. The van der Waals surface area contributed by atoms with E-state index in [0.717, 1.165) is 11.1 Å². The van der Waals surface area contributed by atoms with E-state index in [1.165, 1.54) is 37.4 Å². The van der Waals surface area contributed by atoms with E-state index < -0.39 is 24.4 Å². The normalized spacial score (nSPS) is 11.3. The molecule has 0 radical (unpaired) electrons. The van der Waals surface area contributed by atoms with Gasteiger partial charge in [-0.15, -0.1) is 0 Å². The number of phenols is 1. The first kappa shape index (κ1) is 24.1. The molecule has 0 spiro atoms. The third kappa shape index (κ3) is 5.27. The van der Waals surface area contributed by atoms with Crippen molar-refractivity contribution in [3.05, 3.63) is 76.5 Å². The maximum atomic E-state index is 14.0. The Balaban J connectivity index is 2.08. The van der Waals surface area contributed by atoms with Gasteiger partial charge in [0.25, 0.3) is 0 Å². The molecule has 8 heteroatoms. The summed E-state index contributed by atoms with van der Waals surface area (Å²) in [6.45, 7) is 3.15. The molecule has 0 saturated heterocycles. The number of hydrogen-bond acceptors (Lipinski definition) is 5. The van der Waals surface area contributed by atoms with Gasteiger partial charge in [0.2, 0.25) is 0 Å². The number of phenolic OH excluding ortho intramolecular Hbond substituents is 1. The number of halogens is 3. The number of nitrogens with zero attached hydrogens (tertiary/aromatic N) is 1. The second kappa shape index (κ2) is 9.94. The van der Waals surface area contributed by atoms with Gasteiger partial charge in [0, 0.05) is 11.6 Å². The van der Waals surface area contributed by atoms with E-state index in [-0.39, 0.29) is 28.3 Å². The van der Waals surface area contributed by atoms with Crippen molar-refractivity contribution in [2.24, 2.45) is 0 Å². The first-order chi connectivity index (χ1) is 15.7. The zero-order valence-electron chi connectivity index (χ0n) is 18.5. The predicted octanol–water partition coefficient (Wildman–Crippen LogP) is 5.96. The van der Waals surface area contributed by atoms with Gasteiger partial charge in [0.15, 0.2) is 5.69 Å². The van der Waals surface area contributed by atoms with Crippen LogP contribution in [-0.2, 0) is 30.4 Å². The van der Waals surface area contributed by atoms with E-state index >= 15 is 0 Å². The van der Waals surface area contributed by atoms with Crippen LogP contribution in [-0.4, -0.2) is 23.2 Å². The number of rotatable bonds is 7. The van der Waals surface area contributed by atoms with Gasteiger partial charge in [-0.2, -0.15) is 13.2 Å². The van der Waals surface area contributed by atoms with Crippen molar-refractivity contribution in [1.82, 2.24) is 4.98 Å². The first-order valence-electron chi connectivity index (χ1n) is 10.4. The Morgan fingerprint density at radius 1 is 1.03 bits per heavy atom. The monoisotopic (exact) mass is 459 g/mol. The van der Waals surface area contributed by atoms with Gasteiger partial charge in [-0.25, -0.2) is 9.78 Å². The Bertz CT molecular complexity index is 1140.